The number of hydrogen-bond acceptors (Lipinski definition) is 5. The second-order valence-electron chi connectivity index (χ2n) is 6.29. The van der Waals surface area contributed by atoms with Crippen molar-refractivity contribution in [3.8, 4) is 11.3 Å². The van der Waals surface area contributed by atoms with Crippen LogP contribution in [0.3, 0.4) is 0 Å². The lowest BCUT2D eigenvalue weighted by Crippen LogP contribution is -2.17. The molecule has 1 amide bonds. The molecular formula is C20H20N4OS. The van der Waals surface area contributed by atoms with Gasteiger partial charge in [-0.15, -0.1) is 0 Å². The summed E-state index contributed by atoms with van der Waals surface area (Å²) in [7, 11) is 0. The predicted octanol–water partition coefficient (Wildman–Crippen LogP) is 4.24. The molecule has 3 N–H and O–H groups in total. The van der Waals surface area contributed by atoms with Gasteiger partial charge in [-0.1, -0.05) is 41.7 Å². The Labute approximate surface area is 156 Å². The Morgan fingerprint density at radius 2 is 1.73 bits per heavy atom. The summed E-state index contributed by atoms with van der Waals surface area (Å²) in [5.74, 6) is -0.188. The van der Waals surface area contributed by atoms with E-state index in [0.717, 1.165) is 24.3 Å². The highest BCUT2D eigenvalue weighted by molar-refractivity contribution is 7.17. The molecule has 1 saturated heterocycles. The molecule has 3 aromatic rings. The molecule has 1 aromatic heterocycles. The fourth-order valence-electron chi connectivity index (χ4n) is 3.20. The molecule has 132 valence electrons. The van der Waals surface area contributed by atoms with Gasteiger partial charge in [-0.05, 0) is 37.1 Å². The monoisotopic (exact) mass is 364 g/mol. The number of hydrogen-bond donors (Lipinski definition) is 2. The Balaban J connectivity index is 1.53. The van der Waals surface area contributed by atoms with Crippen LogP contribution in [0.1, 0.15) is 22.5 Å². The second-order valence-corrected chi connectivity index (χ2v) is 7.32. The summed E-state index contributed by atoms with van der Waals surface area (Å²) in [5.41, 5.74) is 9.34. The van der Waals surface area contributed by atoms with Crippen molar-refractivity contribution in [2.45, 2.75) is 12.8 Å². The number of nitrogens with two attached hydrogens (primary N) is 1. The van der Waals surface area contributed by atoms with Gasteiger partial charge >= 0.3 is 0 Å². The summed E-state index contributed by atoms with van der Waals surface area (Å²) in [4.78, 5) is 20.0. The molecule has 0 unspecified atom stereocenters. The Hall–Kier alpha value is -2.86. The molecule has 26 heavy (non-hydrogen) atoms. The van der Waals surface area contributed by atoms with E-state index in [2.05, 4.69) is 27.3 Å². The number of anilines is 3. The number of nitrogen functional groups attached to an aromatic ring is 1. The van der Waals surface area contributed by atoms with Gasteiger partial charge in [0.05, 0.1) is 5.69 Å². The molecule has 1 aliphatic heterocycles. The number of rotatable bonds is 4. The van der Waals surface area contributed by atoms with E-state index in [-0.39, 0.29) is 5.91 Å². The molecule has 2 heterocycles. The fourth-order valence-corrected chi connectivity index (χ4v) is 3.95. The van der Waals surface area contributed by atoms with Crippen LogP contribution >= 0.6 is 11.3 Å². The zero-order valence-corrected chi connectivity index (χ0v) is 15.1. The van der Waals surface area contributed by atoms with Crippen LogP contribution in [0.4, 0.5) is 16.5 Å². The van der Waals surface area contributed by atoms with Gasteiger partial charge in [-0.2, -0.15) is 0 Å². The van der Waals surface area contributed by atoms with Gasteiger partial charge in [0, 0.05) is 30.0 Å². The summed E-state index contributed by atoms with van der Waals surface area (Å²) < 4.78 is 0. The van der Waals surface area contributed by atoms with Crippen LogP contribution in [0.5, 0.6) is 0 Å². The van der Waals surface area contributed by atoms with Crippen LogP contribution in [0, 0.1) is 0 Å². The van der Waals surface area contributed by atoms with Crippen molar-refractivity contribution in [1.29, 1.82) is 0 Å². The Morgan fingerprint density at radius 1 is 1.04 bits per heavy atom. The summed E-state index contributed by atoms with van der Waals surface area (Å²) in [5, 5.41) is 3.34. The highest BCUT2D eigenvalue weighted by Gasteiger charge is 2.19. The average Bonchev–Trinajstić information content (AvgIpc) is 3.33. The fraction of sp³-hybridized carbons (Fsp3) is 0.200. The smallest absolute Gasteiger partial charge is 0.268 e. The summed E-state index contributed by atoms with van der Waals surface area (Å²) in [6, 6.07) is 17.6. The van der Waals surface area contributed by atoms with E-state index in [1.54, 1.807) is 0 Å². The normalized spacial score (nSPS) is 13.8. The molecule has 0 saturated carbocycles. The average molecular weight is 364 g/mol. The third-order valence-corrected chi connectivity index (χ3v) is 5.38. The van der Waals surface area contributed by atoms with Crippen molar-refractivity contribution in [3.63, 3.8) is 0 Å². The minimum Gasteiger partial charge on any atom is -0.375 e. The predicted molar refractivity (Wildman–Crippen MR) is 108 cm³/mol. The minimum absolute atomic E-state index is 0.188. The van der Waals surface area contributed by atoms with Crippen molar-refractivity contribution in [3.05, 3.63) is 59.5 Å². The van der Waals surface area contributed by atoms with Crippen LogP contribution in [0.2, 0.25) is 0 Å². The first kappa shape index (κ1) is 16.6. The van der Waals surface area contributed by atoms with E-state index in [9.17, 15) is 4.79 Å². The van der Waals surface area contributed by atoms with E-state index in [0.29, 0.717) is 15.7 Å². The first-order valence-electron chi connectivity index (χ1n) is 8.69. The highest BCUT2D eigenvalue weighted by atomic mass is 32.1. The summed E-state index contributed by atoms with van der Waals surface area (Å²) in [6.45, 7) is 2.21. The number of carbonyl (C=O) groups excluding carboxylic acids is 1. The van der Waals surface area contributed by atoms with E-state index < -0.39 is 0 Å². The first-order valence-corrected chi connectivity index (χ1v) is 9.50. The second kappa shape index (κ2) is 7.17. The lowest BCUT2D eigenvalue weighted by Gasteiger charge is -2.17. The molecule has 0 spiro atoms. The largest absolute Gasteiger partial charge is 0.375 e. The van der Waals surface area contributed by atoms with Crippen molar-refractivity contribution in [2.75, 3.05) is 29.0 Å². The number of aromatic nitrogens is 1. The Bertz CT molecular complexity index is 899. The maximum absolute atomic E-state index is 12.8. The first-order chi connectivity index (χ1) is 12.7. The number of nitrogens with zero attached hydrogens (tertiary/aromatic N) is 2. The lowest BCUT2D eigenvalue weighted by molar-refractivity contribution is 0.103. The van der Waals surface area contributed by atoms with Crippen molar-refractivity contribution >= 4 is 33.8 Å². The number of amides is 1. The third kappa shape index (κ3) is 3.41. The van der Waals surface area contributed by atoms with E-state index in [1.807, 2.05) is 42.5 Å². The zero-order chi connectivity index (χ0) is 17.9. The SMILES string of the molecule is Nc1nc(-c2ccccc2)c(C(=O)Nc2ccc(N3CCCC3)cc2)s1. The number of thiazole rings is 1. The number of nitrogens with one attached hydrogen (secondary N) is 1. The van der Waals surface area contributed by atoms with Gasteiger partial charge in [-0.3, -0.25) is 4.79 Å². The Morgan fingerprint density at radius 3 is 2.42 bits per heavy atom. The molecule has 2 aromatic carbocycles. The molecule has 0 bridgehead atoms. The summed E-state index contributed by atoms with van der Waals surface area (Å²) in [6.07, 6.45) is 2.49. The van der Waals surface area contributed by atoms with Crippen LogP contribution < -0.4 is 16.0 Å². The lowest BCUT2D eigenvalue weighted by atomic mass is 10.1. The molecule has 0 radical (unpaired) electrons. The molecular weight excluding hydrogens is 344 g/mol. The van der Waals surface area contributed by atoms with E-state index in [4.69, 9.17) is 5.73 Å². The van der Waals surface area contributed by atoms with Gasteiger partial charge < -0.3 is 16.0 Å². The highest BCUT2D eigenvalue weighted by Crippen LogP contribution is 2.30. The maximum atomic E-state index is 12.8. The maximum Gasteiger partial charge on any atom is 0.268 e. The van der Waals surface area contributed by atoms with Crippen LogP contribution in [0.25, 0.3) is 11.3 Å². The van der Waals surface area contributed by atoms with Crippen LogP contribution in [-0.4, -0.2) is 24.0 Å². The number of benzene rings is 2. The zero-order valence-electron chi connectivity index (χ0n) is 14.3. The van der Waals surface area contributed by atoms with Crippen LogP contribution in [-0.2, 0) is 0 Å². The van der Waals surface area contributed by atoms with Crippen molar-refractivity contribution < 1.29 is 4.79 Å². The summed E-state index contributed by atoms with van der Waals surface area (Å²) >= 11 is 1.21. The van der Waals surface area contributed by atoms with Gasteiger partial charge in [0.2, 0.25) is 0 Å². The minimum atomic E-state index is -0.188. The molecule has 0 aliphatic carbocycles. The van der Waals surface area contributed by atoms with Crippen LogP contribution in [0.15, 0.2) is 54.6 Å². The van der Waals surface area contributed by atoms with Gasteiger partial charge in [-0.25, -0.2) is 4.98 Å². The molecule has 1 aliphatic rings. The quantitative estimate of drug-likeness (QED) is 0.726. The standard InChI is InChI=1S/C20H20N4OS/c21-20-23-17(14-6-2-1-3-7-14)18(26-20)19(25)22-15-8-10-16(11-9-15)24-12-4-5-13-24/h1-3,6-11H,4-5,12-13H2,(H2,21,23)(H,22,25). The van der Waals surface area contributed by atoms with Crippen molar-refractivity contribution in [1.82, 2.24) is 4.98 Å². The van der Waals surface area contributed by atoms with Gasteiger partial charge in [0.25, 0.3) is 5.91 Å². The molecule has 4 rings (SSSR count). The third-order valence-electron chi connectivity index (χ3n) is 4.49. The topological polar surface area (TPSA) is 71.2 Å². The molecule has 1 fully saturated rings. The van der Waals surface area contributed by atoms with Crippen molar-refractivity contribution in [2.24, 2.45) is 0 Å². The van der Waals surface area contributed by atoms with E-state index >= 15 is 0 Å². The molecule has 5 nitrogen and oxygen atoms in total. The molecule has 6 heteroatoms. The van der Waals surface area contributed by atoms with Gasteiger partial charge in [0.15, 0.2) is 5.13 Å². The van der Waals surface area contributed by atoms with Gasteiger partial charge in [0.1, 0.15) is 4.88 Å². The number of carbonyl (C=O) groups is 1. The Kier molecular flexibility index (Phi) is 4.58. The van der Waals surface area contributed by atoms with E-state index in [1.165, 1.54) is 29.9 Å². The molecule has 0 atom stereocenters.